The maximum Gasteiger partial charge on any atom is 0.0704 e. The molecule has 0 saturated carbocycles. The fourth-order valence-corrected chi connectivity index (χ4v) is 2.28. The van der Waals surface area contributed by atoms with E-state index in [1.165, 1.54) is 0 Å². The van der Waals surface area contributed by atoms with Crippen LogP contribution in [0.25, 0.3) is 11.1 Å². The Balaban J connectivity index is 2.63. The lowest BCUT2D eigenvalue weighted by atomic mass is 10.0. The molecule has 0 amide bonds. The predicted octanol–water partition coefficient (Wildman–Crippen LogP) is 3.98. The van der Waals surface area contributed by atoms with Gasteiger partial charge in [0.1, 0.15) is 0 Å². The Kier molecular flexibility index (Phi) is 2.32. The summed E-state index contributed by atoms with van der Waals surface area (Å²) in [5.74, 6) is 0. The molecule has 0 aromatic heterocycles. The normalized spacial score (nSPS) is 10.5. The van der Waals surface area contributed by atoms with Gasteiger partial charge >= 0.3 is 0 Å². The number of thiol groups is 1. The Labute approximate surface area is 92.3 Å². The Bertz CT molecular complexity index is 504. The van der Waals surface area contributed by atoms with Crippen LogP contribution in [0.4, 0.5) is 0 Å². The number of rotatable bonds is 1. The molecule has 0 atom stereocenters. The third kappa shape index (κ3) is 1.37. The van der Waals surface area contributed by atoms with Crippen molar-refractivity contribution in [3.63, 3.8) is 0 Å². The highest BCUT2D eigenvalue weighted by Gasteiger charge is 2.12. The highest BCUT2D eigenvalue weighted by molar-refractivity contribution is 7.81. The molecule has 0 saturated heterocycles. The molecule has 0 aliphatic heterocycles. The van der Waals surface area contributed by atoms with Crippen molar-refractivity contribution in [2.45, 2.75) is 4.90 Å². The second kappa shape index (κ2) is 3.33. The van der Waals surface area contributed by atoms with Crippen LogP contribution in [0.2, 0.25) is 0 Å². The third-order valence-corrected chi connectivity index (χ3v) is 3.49. The van der Waals surface area contributed by atoms with Gasteiger partial charge in [0.15, 0.2) is 0 Å². The van der Waals surface area contributed by atoms with E-state index in [0.717, 1.165) is 25.0 Å². The SMILES string of the molecule is S=c1c(S)c(-c2ccccc2)c1=S. The van der Waals surface area contributed by atoms with Gasteiger partial charge in [-0.25, -0.2) is 0 Å². The number of hydrogen-bond donors (Lipinski definition) is 1. The van der Waals surface area contributed by atoms with Gasteiger partial charge in [-0.3, -0.25) is 0 Å². The second-order valence-corrected chi connectivity index (χ2v) is 4.01. The minimum atomic E-state index is 0.720. The lowest BCUT2D eigenvalue weighted by Crippen LogP contribution is -1.88. The van der Waals surface area contributed by atoms with Crippen LogP contribution in [-0.4, -0.2) is 0 Å². The van der Waals surface area contributed by atoms with Crippen LogP contribution < -0.4 is 0 Å². The molecule has 0 radical (unpaired) electrons. The zero-order chi connectivity index (χ0) is 9.42. The van der Waals surface area contributed by atoms with Crippen LogP contribution in [0.5, 0.6) is 0 Å². The van der Waals surface area contributed by atoms with Crippen molar-refractivity contribution in [2.75, 3.05) is 0 Å². The molecule has 0 fully saturated rings. The van der Waals surface area contributed by atoms with Gasteiger partial charge in [0.05, 0.1) is 9.02 Å². The maximum atomic E-state index is 5.14. The van der Waals surface area contributed by atoms with Crippen LogP contribution in [0.15, 0.2) is 35.2 Å². The smallest absolute Gasteiger partial charge is 0.0704 e. The number of benzene rings is 1. The summed E-state index contributed by atoms with van der Waals surface area (Å²) in [6.07, 6.45) is 0. The van der Waals surface area contributed by atoms with Gasteiger partial charge in [0.2, 0.25) is 0 Å². The van der Waals surface area contributed by atoms with Crippen LogP contribution in [0.1, 0.15) is 0 Å². The van der Waals surface area contributed by atoms with Crippen molar-refractivity contribution in [2.24, 2.45) is 0 Å². The van der Waals surface area contributed by atoms with Crippen LogP contribution in [0, 0.1) is 9.02 Å². The highest BCUT2D eigenvalue weighted by Crippen LogP contribution is 2.33. The van der Waals surface area contributed by atoms with E-state index in [1.807, 2.05) is 30.3 Å². The lowest BCUT2D eigenvalue weighted by Gasteiger charge is -2.09. The van der Waals surface area contributed by atoms with E-state index in [0.29, 0.717) is 0 Å². The van der Waals surface area contributed by atoms with E-state index in [2.05, 4.69) is 12.6 Å². The van der Waals surface area contributed by atoms with Gasteiger partial charge in [-0.2, -0.15) is 0 Å². The van der Waals surface area contributed by atoms with Crippen molar-refractivity contribution in [1.29, 1.82) is 0 Å². The molecule has 0 spiro atoms. The molecular weight excluding hydrogens is 216 g/mol. The van der Waals surface area contributed by atoms with Gasteiger partial charge in [-0.1, -0.05) is 54.8 Å². The number of hydrogen-bond acceptors (Lipinski definition) is 3. The summed E-state index contributed by atoms with van der Waals surface area (Å²) in [5.41, 5.74) is 2.12. The van der Waals surface area contributed by atoms with Gasteiger partial charge in [0.25, 0.3) is 0 Å². The summed E-state index contributed by atoms with van der Waals surface area (Å²) in [5, 5.41) is 0. The third-order valence-electron chi connectivity index (χ3n) is 1.95. The average Bonchev–Trinajstić information content (AvgIpc) is 2.19. The molecule has 0 unspecified atom stereocenters. The summed E-state index contributed by atoms with van der Waals surface area (Å²) in [6, 6.07) is 9.96. The van der Waals surface area contributed by atoms with E-state index in [-0.39, 0.29) is 0 Å². The topological polar surface area (TPSA) is 0 Å². The summed E-state index contributed by atoms with van der Waals surface area (Å²) in [7, 11) is 0. The van der Waals surface area contributed by atoms with Crippen molar-refractivity contribution in [3.05, 3.63) is 39.4 Å². The Hall–Kier alpha value is -0.510. The summed E-state index contributed by atoms with van der Waals surface area (Å²) in [4.78, 5) is 0.853. The first kappa shape index (κ1) is 9.06. The zero-order valence-corrected chi connectivity index (χ0v) is 9.18. The van der Waals surface area contributed by atoms with Crippen molar-refractivity contribution in [3.8, 4) is 11.1 Å². The highest BCUT2D eigenvalue weighted by atomic mass is 32.1. The van der Waals surface area contributed by atoms with Gasteiger partial charge in [0, 0.05) is 10.5 Å². The quantitative estimate of drug-likeness (QED) is 0.572. The monoisotopic (exact) mass is 222 g/mol. The van der Waals surface area contributed by atoms with Crippen LogP contribution in [-0.2, 0) is 0 Å². The van der Waals surface area contributed by atoms with Gasteiger partial charge in [-0.05, 0) is 5.56 Å². The molecule has 13 heavy (non-hydrogen) atoms. The van der Waals surface area contributed by atoms with Crippen LogP contribution >= 0.6 is 37.1 Å². The van der Waals surface area contributed by atoms with Crippen molar-refractivity contribution >= 4 is 37.1 Å². The lowest BCUT2D eigenvalue weighted by molar-refractivity contribution is 1.35. The average molecular weight is 222 g/mol. The molecule has 3 heteroatoms. The fraction of sp³-hybridized carbons (Fsp3) is 0. The minimum Gasteiger partial charge on any atom is -0.141 e. The van der Waals surface area contributed by atoms with E-state index in [9.17, 15) is 0 Å². The molecule has 0 nitrogen and oxygen atoms in total. The molecular formula is C10H6S3. The molecule has 64 valence electrons. The van der Waals surface area contributed by atoms with Crippen molar-refractivity contribution in [1.82, 2.24) is 0 Å². The minimum absolute atomic E-state index is 0.720. The first-order chi connectivity index (χ1) is 6.22. The maximum absolute atomic E-state index is 5.14. The molecule has 2 aromatic rings. The van der Waals surface area contributed by atoms with E-state index in [1.54, 1.807) is 0 Å². The molecule has 2 rings (SSSR count). The standard InChI is InChI=1S/C10H6S3/c11-8-7(9(12)10(8)13)6-4-2-1-3-5-6/h1-5,11H. The molecule has 0 aliphatic rings. The molecule has 2 aromatic carbocycles. The summed E-state index contributed by atoms with van der Waals surface area (Å²) in [6.45, 7) is 0. The van der Waals surface area contributed by atoms with E-state index >= 15 is 0 Å². The molecule has 0 heterocycles. The van der Waals surface area contributed by atoms with Gasteiger partial charge < -0.3 is 0 Å². The first-order valence-corrected chi connectivity index (χ1v) is 5.06. The van der Waals surface area contributed by atoms with E-state index < -0.39 is 0 Å². The zero-order valence-electron chi connectivity index (χ0n) is 6.65. The van der Waals surface area contributed by atoms with Crippen molar-refractivity contribution < 1.29 is 0 Å². The molecule has 0 N–H and O–H groups in total. The van der Waals surface area contributed by atoms with E-state index in [4.69, 9.17) is 24.4 Å². The second-order valence-electron chi connectivity index (χ2n) is 2.75. The Morgan fingerprint density at radius 2 is 1.54 bits per heavy atom. The van der Waals surface area contributed by atoms with Crippen LogP contribution in [0.3, 0.4) is 0 Å². The summed E-state index contributed by atoms with van der Waals surface area (Å²) < 4.78 is 1.49. The fourth-order valence-electron chi connectivity index (χ4n) is 1.25. The Morgan fingerprint density at radius 3 is 2.08 bits per heavy atom. The molecule has 0 aliphatic carbocycles. The predicted molar refractivity (Wildman–Crippen MR) is 63.2 cm³/mol. The summed E-state index contributed by atoms with van der Waals surface area (Å²) >= 11 is 14.5. The Morgan fingerprint density at radius 1 is 0.923 bits per heavy atom. The molecule has 0 bridgehead atoms. The first-order valence-electron chi connectivity index (χ1n) is 3.79. The van der Waals surface area contributed by atoms with Gasteiger partial charge in [-0.15, -0.1) is 12.6 Å². The largest absolute Gasteiger partial charge is 0.141 e.